The lowest BCUT2D eigenvalue weighted by atomic mass is 10.3. The van der Waals surface area contributed by atoms with Crippen LogP contribution < -0.4 is 16.6 Å². The minimum atomic E-state index is -0.319. The maximum atomic E-state index is 12.2. The summed E-state index contributed by atoms with van der Waals surface area (Å²) in [5.41, 5.74) is -0.505. The van der Waals surface area contributed by atoms with Crippen molar-refractivity contribution in [2.24, 2.45) is 0 Å². The summed E-state index contributed by atoms with van der Waals surface area (Å²) < 4.78 is 1.24. The SMILES string of the molecule is CCn1c(=O)[nH]c2sc(CN3CCNCC3)cc2c1=O. The van der Waals surface area contributed by atoms with Crippen molar-refractivity contribution in [3.05, 3.63) is 31.8 Å². The third-order valence-corrected chi connectivity index (χ3v) is 4.66. The summed E-state index contributed by atoms with van der Waals surface area (Å²) in [6.45, 7) is 7.08. The molecule has 2 aromatic rings. The number of nitrogens with zero attached hydrogens (tertiary/aromatic N) is 2. The number of nitrogens with one attached hydrogen (secondary N) is 2. The zero-order valence-electron chi connectivity index (χ0n) is 11.4. The molecule has 2 aromatic heterocycles. The number of aromatic nitrogens is 2. The van der Waals surface area contributed by atoms with Gasteiger partial charge in [-0.05, 0) is 13.0 Å². The Labute approximate surface area is 120 Å². The van der Waals surface area contributed by atoms with E-state index in [0.29, 0.717) is 16.8 Å². The van der Waals surface area contributed by atoms with Gasteiger partial charge in [0.15, 0.2) is 0 Å². The Hall–Kier alpha value is -1.44. The molecular weight excluding hydrogens is 276 g/mol. The van der Waals surface area contributed by atoms with Crippen LogP contribution in [0.2, 0.25) is 0 Å². The van der Waals surface area contributed by atoms with Gasteiger partial charge in [0.25, 0.3) is 5.56 Å². The number of hydrogen-bond donors (Lipinski definition) is 2. The van der Waals surface area contributed by atoms with Crippen LogP contribution in [0.4, 0.5) is 0 Å². The van der Waals surface area contributed by atoms with Crippen molar-refractivity contribution in [3.63, 3.8) is 0 Å². The fraction of sp³-hybridized carbons (Fsp3) is 0.538. The molecule has 0 atom stereocenters. The second-order valence-corrected chi connectivity index (χ2v) is 6.10. The van der Waals surface area contributed by atoms with E-state index < -0.39 is 0 Å². The van der Waals surface area contributed by atoms with Gasteiger partial charge in [-0.1, -0.05) is 0 Å². The van der Waals surface area contributed by atoms with Crippen molar-refractivity contribution in [1.82, 2.24) is 19.8 Å². The first kappa shape index (κ1) is 13.5. The van der Waals surface area contributed by atoms with Crippen LogP contribution in [0, 0.1) is 0 Å². The van der Waals surface area contributed by atoms with E-state index >= 15 is 0 Å². The smallest absolute Gasteiger partial charge is 0.314 e. The Morgan fingerprint density at radius 1 is 1.30 bits per heavy atom. The van der Waals surface area contributed by atoms with Crippen molar-refractivity contribution in [2.75, 3.05) is 26.2 Å². The highest BCUT2D eigenvalue weighted by molar-refractivity contribution is 7.18. The van der Waals surface area contributed by atoms with Crippen LogP contribution >= 0.6 is 11.3 Å². The highest BCUT2D eigenvalue weighted by Crippen LogP contribution is 2.21. The molecule has 0 aliphatic carbocycles. The Balaban J connectivity index is 1.96. The van der Waals surface area contributed by atoms with E-state index in [9.17, 15) is 9.59 Å². The molecule has 1 saturated heterocycles. The minimum Gasteiger partial charge on any atom is -0.314 e. The van der Waals surface area contributed by atoms with Gasteiger partial charge in [-0.25, -0.2) is 4.79 Å². The van der Waals surface area contributed by atoms with Crippen molar-refractivity contribution in [1.29, 1.82) is 0 Å². The largest absolute Gasteiger partial charge is 0.329 e. The van der Waals surface area contributed by atoms with Crippen molar-refractivity contribution in [2.45, 2.75) is 20.0 Å². The molecule has 20 heavy (non-hydrogen) atoms. The zero-order valence-corrected chi connectivity index (χ0v) is 12.3. The number of aromatic amines is 1. The quantitative estimate of drug-likeness (QED) is 0.847. The number of thiophene rings is 1. The van der Waals surface area contributed by atoms with Gasteiger partial charge >= 0.3 is 5.69 Å². The monoisotopic (exact) mass is 294 g/mol. The number of fused-ring (bicyclic) bond motifs is 1. The lowest BCUT2D eigenvalue weighted by molar-refractivity contribution is 0.235. The van der Waals surface area contributed by atoms with Gasteiger partial charge in [0.1, 0.15) is 4.83 Å². The Morgan fingerprint density at radius 3 is 2.75 bits per heavy atom. The molecule has 108 valence electrons. The summed E-state index contributed by atoms with van der Waals surface area (Å²) in [4.78, 5) is 31.0. The summed E-state index contributed by atoms with van der Waals surface area (Å²) >= 11 is 1.51. The molecular formula is C13H18N4O2S. The average molecular weight is 294 g/mol. The lowest BCUT2D eigenvalue weighted by Crippen LogP contribution is -2.42. The molecule has 0 unspecified atom stereocenters. The van der Waals surface area contributed by atoms with Crippen LogP contribution in [0.15, 0.2) is 15.7 Å². The number of rotatable bonds is 3. The minimum absolute atomic E-state index is 0.186. The third-order valence-electron chi connectivity index (χ3n) is 3.63. The molecule has 6 nitrogen and oxygen atoms in total. The Bertz CT molecular complexity index is 724. The van der Waals surface area contributed by atoms with Gasteiger partial charge in [-0.2, -0.15) is 0 Å². The fourth-order valence-electron chi connectivity index (χ4n) is 2.55. The molecule has 0 aromatic carbocycles. The van der Waals surface area contributed by atoms with E-state index in [0.717, 1.165) is 37.6 Å². The molecule has 3 heterocycles. The number of piperazine rings is 1. The third kappa shape index (κ3) is 2.44. The lowest BCUT2D eigenvalue weighted by Gasteiger charge is -2.26. The van der Waals surface area contributed by atoms with Crippen molar-refractivity contribution in [3.8, 4) is 0 Å². The molecule has 2 N–H and O–H groups in total. The number of H-pyrrole nitrogens is 1. The molecule has 7 heteroatoms. The van der Waals surface area contributed by atoms with Crippen LogP contribution in [0.25, 0.3) is 10.2 Å². The first-order chi connectivity index (χ1) is 9.69. The van der Waals surface area contributed by atoms with E-state index in [2.05, 4.69) is 15.2 Å². The van der Waals surface area contributed by atoms with E-state index in [1.165, 1.54) is 15.9 Å². The van der Waals surface area contributed by atoms with E-state index in [1.807, 2.05) is 6.07 Å². The second-order valence-electron chi connectivity index (χ2n) is 4.96. The normalized spacial score (nSPS) is 16.9. The predicted octanol–water partition coefficient (Wildman–Crippen LogP) is 0.176. The molecule has 0 spiro atoms. The van der Waals surface area contributed by atoms with E-state index in [4.69, 9.17) is 0 Å². The van der Waals surface area contributed by atoms with Crippen LogP contribution in [-0.2, 0) is 13.1 Å². The van der Waals surface area contributed by atoms with Crippen LogP contribution in [0.1, 0.15) is 11.8 Å². The van der Waals surface area contributed by atoms with Crippen molar-refractivity contribution < 1.29 is 0 Å². The molecule has 0 amide bonds. The van der Waals surface area contributed by atoms with Crippen LogP contribution in [-0.4, -0.2) is 40.6 Å². The maximum absolute atomic E-state index is 12.2. The summed E-state index contributed by atoms with van der Waals surface area (Å²) in [6.07, 6.45) is 0. The summed E-state index contributed by atoms with van der Waals surface area (Å²) in [6, 6.07) is 1.92. The summed E-state index contributed by atoms with van der Waals surface area (Å²) in [5, 5.41) is 3.95. The highest BCUT2D eigenvalue weighted by atomic mass is 32.1. The summed E-state index contributed by atoms with van der Waals surface area (Å²) in [5.74, 6) is 0. The molecule has 0 saturated carbocycles. The van der Waals surface area contributed by atoms with Crippen molar-refractivity contribution >= 4 is 21.6 Å². The first-order valence-corrected chi connectivity index (χ1v) is 7.69. The molecule has 1 aliphatic heterocycles. The highest BCUT2D eigenvalue weighted by Gasteiger charge is 2.14. The van der Waals surface area contributed by atoms with Gasteiger partial charge in [0.2, 0.25) is 0 Å². The first-order valence-electron chi connectivity index (χ1n) is 6.87. The Morgan fingerprint density at radius 2 is 2.05 bits per heavy atom. The van der Waals surface area contributed by atoms with E-state index in [-0.39, 0.29) is 11.2 Å². The number of hydrogen-bond acceptors (Lipinski definition) is 5. The maximum Gasteiger partial charge on any atom is 0.329 e. The topological polar surface area (TPSA) is 70.1 Å². The van der Waals surface area contributed by atoms with Gasteiger partial charge in [-0.15, -0.1) is 11.3 Å². The van der Waals surface area contributed by atoms with Gasteiger partial charge in [0.05, 0.1) is 5.39 Å². The summed E-state index contributed by atoms with van der Waals surface area (Å²) in [7, 11) is 0. The van der Waals surface area contributed by atoms with Gasteiger partial charge < -0.3 is 5.32 Å². The van der Waals surface area contributed by atoms with Gasteiger partial charge in [0, 0.05) is 44.1 Å². The molecule has 1 aliphatic rings. The molecule has 3 rings (SSSR count). The molecule has 1 fully saturated rings. The zero-order chi connectivity index (χ0) is 14.1. The average Bonchev–Trinajstić information content (AvgIpc) is 2.83. The Kier molecular flexibility index (Phi) is 3.73. The molecule has 0 radical (unpaired) electrons. The molecule has 0 bridgehead atoms. The van der Waals surface area contributed by atoms with Gasteiger partial charge in [-0.3, -0.25) is 19.2 Å². The standard InChI is InChI=1S/C13H18N4O2S/c1-2-17-12(18)10-7-9(20-11(10)15-13(17)19)8-16-5-3-14-4-6-16/h7,14H,2-6,8H2,1H3,(H,15,19). The fourth-order valence-corrected chi connectivity index (χ4v) is 3.63. The van der Waals surface area contributed by atoms with Crippen LogP contribution in [0.3, 0.4) is 0 Å². The van der Waals surface area contributed by atoms with Crippen LogP contribution in [0.5, 0.6) is 0 Å². The second kappa shape index (κ2) is 5.51. The van der Waals surface area contributed by atoms with E-state index in [1.54, 1.807) is 6.92 Å². The predicted molar refractivity (Wildman–Crippen MR) is 80.5 cm³/mol.